The Morgan fingerprint density at radius 3 is 2.22 bits per heavy atom. The van der Waals surface area contributed by atoms with Gasteiger partial charge in [-0.05, 0) is 31.1 Å². The lowest BCUT2D eigenvalue weighted by molar-refractivity contribution is -0.134. The Bertz CT molecular complexity index is 293. The molecule has 0 radical (unpaired) electrons. The highest BCUT2D eigenvalue weighted by Gasteiger charge is 2.43. The van der Waals surface area contributed by atoms with Gasteiger partial charge in [0.2, 0.25) is 5.91 Å². The van der Waals surface area contributed by atoms with E-state index in [-0.39, 0.29) is 29.6 Å². The molecule has 1 rings (SSSR count). The number of nitrogens with zero attached hydrogens (tertiary/aromatic N) is 1. The number of rotatable bonds is 4. The molecule has 3 heteroatoms. The Hall–Kier alpha value is -0.570. The molecule has 3 unspecified atom stereocenters. The zero-order valence-electron chi connectivity index (χ0n) is 13.1. The Morgan fingerprint density at radius 2 is 1.83 bits per heavy atom. The van der Waals surface area contributed by atoms with Crippen molar-refractivity contribution < 1.29 is 4.79 Å². The van der Waals surface area contributed by atoms with E-state index in [2.05, 4.69) is 58.7 Å². The van der Waals surface area contributed by atoms with Gasteiger partial charge in [0.1, 0.15) is 0 Å². The van der Waals surface area contributed by atoms with Crippen molar-refractivity contribution >= 4 is 5.91 Å². The monoisotopic (exact) mass is 254 g/mol. The van der Waals surface area contributed by atoms with Crippen molar-refractivity contribution in [3.63, 3.8) is 0 Å². The van der Waals surface area contributed by atoms with Gasteiger partial charge in [-0.25, -0.2) is 0 Å². The number of nitrogens with one attached hydrogen (secondary N) is 1. The molecule has 0 aromatic rings. The number of hydrogen-bond acceptors (Lipinski definition) is 2. The summed E-state index contributed by atoms with van der Waals surface area (Å²) in [6.07, 6.45) is 2.11. The molecule has 1 heterocycles. The summed E-state index contributed by atoms with van der Waals surface area (Å²) in [6.45, 7) is 15.3. The molecule has 1 aliphatic heterocycles. The second kappa shape index (κ2) is 5.60. The van der Waals surface area contributed by atoms with Gasteiger partial charge in [-0.2, -0.15) is 0 Å². The van der Waals surface area contributed by atoms with E-state index in [0.29, 0.717) is 5.92 Å². The second-order valence-electron chi connectivity index (χ2n) is 7.06. The zero-order valence-corrected chi connectivity index (χ0v) is 13.1. The highest BCUT2D eigenvalue weighted by molar-refractivity contribution is 5.84. The van der Waals surface area contributed by atoms with Gasteiger partial charge in [0.15, 0.2) is 0 Å². The lowest BCUT2D eigenvalue weighted by atomic mass is 9.86. The van der Waals surface area contributed by atoms with Crippen LogP contribution in [0, 0.1) is 11.3 Å². The number of hydrogen-bond donors (Lipinski definition) is 1. The van der Waals surface area contributed by atoms with E-state index in [9.17, 15) is 4.79 Å². The molecule has 3 atom stereocenters. The van der Waals surface area contributed by atoms with Gasteiger partial charge in [-0.1, -0.05) is 41.5 Å². The fourth-order valence-corrected chi connectivity index (χ4v) is 2.52. The Morgan fingerprint density at radius 1 is 1.28 bits per heavy atom. The molecule has 0 aromatic carbocycles. The summed E-state index contributed by atoms with van der Waals surface area (Å²) in [6, 6.07) is 0.274. The Labute approximate surface area is 112 Å². The summed E-state index contributed by atoms with van der Waals surface area (Å²) in [5.41, 5.74) is 0.120. The molecule has 1 aliphatic rings. The maximum atomic E-state index is 12.5. The molecule has 0 aromatic heterocycles. The number of carbonyl (C=O) groups excluding carboxylic acids is 1. The molecule has 1 fully saturated rings. The van der Waals surface area contributed by atoms with Crippen LogP contribution in [0.4, 0.5) is 0 Å². The summed E-state index contributed by atoms with van der Waals surface area (Å²) in [5, 5.41) is 3.50. The Kier molecular flexibility index (Phi) is 4.82. The van der Waals surface area contributed by atoms with Gasteiger partial charge in [0, 0.05) is 6.04 Å². The predicted octanol–water partition coefficient (Wildman–Crippen LogP) is 3.00. The maximum absolute atomic E-state index is 12.5. The van der Waals surface area contributed by atoms with E-state index in [1.165, 1.54) is 0 Å². The molecule has 0 bridgehead atoms. The van der Waals surface area contributed by atoms with Crippen LogP contribution in [0.3, 0.4) is 0 Å². The lowest BCUT2D eigenvalue weighted by Gasteiger charge is -2.39. The van der Waals surface area contributed by atoms with Gasteiger partial charge < -0.3 is 4.90 Å². The van der Waals surface area contributed by atoms with Gasteiger partial charge in [0.25, 0.3) is 0 Å². The van der Waals surface area contributed by atoms with Gasteiger partial charge in [-0.3, -0.25) is 10.1 Å². The molecule has 1 amide bonds. The van der Waals surface area contributed by atoms with Gasteiger partial charge in [-0.15, -0.1) is 0 Å². The first-order valence-electron chi connectivity index (χ1n) is 7.26. The van der Waals surface area contributed by atoms with Crippen LogP contribution in [0.1, 0.15) is 61.3 Å². The minimum atomic E-state index is 0.0125. The van der Waals surface area contributed by atoms with Crippen LogP contribution in [0.15, 0.2) is 0 Å². The average molecular weight is 254 g/mol. The molecule has 1 saturated heterocycles. The van der Waals surface area contributed by atoms with Crippen LogP contribution >= 0.6 is 0 Å². The summed E-state index contributed by atoms with van der Waals surface area (Å²) in [7, 11) is 0. The van der Waals surface area contributed by atoms with Crippen LogP contribution in [-0.4, -0.2) is 29.1 Å². The van der Waals surface area contributed by atoms with E-state index < -0.39 is 0 Å². The topological polar surface area (TPSA) is 32.3 Å². The second-order valence-corrected chi connectivity index (χ2v) is 7.06. The number of amides is 1. The molecule has 1 N–H and O–H groups in total. The lowest BCUT2D eigenvalue weighted by Crippen LogP contribution is -2.49. The van der Waals surface area contributed by atoms with E-state index in [0.717, 1.165) is 12.8 Å². The molecular weight excluding hydrogens is 224 g/mol. The first-order valence-corrected chi connectivity index (χ1v) is 7.26. The molecular formula is C15H30N2O. The van der Waals surface area contributed by atoms with Crippen molar-refractivity contribution in [2.45, 2.75) is 79.6 Å². The van der Waals surface area contributed by atoms with E-state index >= 15 is 0 Å². The molecule has 18 heavy (non-hydrogen) atoms. The molecule has 0 saturated carbocycles. The van der Waals surface area contributed by atoms with Crippen LogP contribution in [0.2, 0.25) is 0 Å². The van der Waals surface area contributed by atoms with Crippen molar-refractivity contribution in [1.82, 2.24) is 10.2 Å². The summed E-state index contributed by atoms with van der Waals surface area (Å²) >= 11 is 0. The third kappa shape index (κ3) is 3.25. The first kappa shape index (κ1) is 15.5. The number of carbonyl (C=O) groups is 1. The summed E-state index contributed by atoms with van der Waals surface area (Å²) in [5.74, 6) is 0.881. The van der Waals surface area contributed by atoms with E-state index in [1.54, 1.807) is 0 Å². The van der Waals surface area contributed by atoms with Crippen LogP contribution in [0.5, 0.6) is 0 Å². The van der Waals surface area contributed by atoms with Crippen molar-refractivity contribution in [1.29, 1.82) is 0 Å². The minimum absolute atomic E-state index is 0.0125. The zero-order chi connectivity index (χ0) is 14.1. The fourth-order valence-electron chi connectivity index (χ4n) is 2.52. The van der Waals surface area contributed by atoms with Crippen molar-refractivity contribution in [2.24, 2.45) is 11.3 Å². The van der Waals surface area contributed by atoms with Crippen LogP contribution < -0.4 is 5.32 Å². The van der Waals surface area contributed by atoms with Crippen molar-refractivity contribution in [3.8, 4) is 0 Å². The van der Waals surface area contributed by atoms with Crippen LogP contribution in [0.25, 0.3) is 0 Å². The molecule has 106 valence electrons. The largest absolute Gasteiger partial charge is 0.323 e. The highest BCUT2D eigenvalue weighted by atomic mass is 16.2. The van der Waals surface area contributed by atoms with Gasteiger partial charge >= 0.3 is 0 Å². The summed E-state index contributed by atoms with van der Waals surface area (Å²) < 4.78 is 0. The van der Waals surface area contributed by atoms with Crippen molar-refractivity contribution in [3.05, 3.63) is 0 Å². The highest BCUT2D eigenvalue weighted by Crippen LogP contribution is 2.30. The quantitative estimate of drug-likeness (QED) is 0.836. The molecule has 3 nitrogen and oxygen atoms in total. The third-order valence-electron chi connectivity index (χ3n) is 4.06. The third-order valence-corrected chi connectivity index (χ3v) is 4.06. The van der Waals surface area contributed by atoms with Gasteiger partial charge in [0.05, 0.1) is 12.2 Å². The average Bonchev–Trinajstić information content (AvgIpc) is 2.51. The fraction of sp³-hybridized carbons (Fsp3) is 0.933. The maximum Gasteiger partial charge on any atom is 0.241 e. The van der Waals surface area contributed by atoms with E-state index in [4.69, 9.17) is 0 Å². The Balaban J connectivity index is 2.91. The SMILES string of the molecule is CCC1NC(CC(C)C)N(C(C)C(C)(C)C)C1=O. The summed E-state index contributed by atoms with van der Waals surface area (Å²) in [4.78, 5) is 14.6. The normalized spacial score (nSPS) is 27.1. The minimum Gasteiger partial charge on any atom is -0.323 e. The van der Waals surface area contributed by atoms with E-state index in [1.807, 2.05) is 0 Å². The smallest absolute Gasteiger partial charge is 0.241 e. The standard InChI is InChI=1S/C15H30N2O/c1-8-12-14(18)17(11(4)15(5,6)7)13(16-12)9-10(2)3/h10-13,16H,8-9H2,1-7H3. The molecule has 0 aliphatic carbocycles. The first-order chi connectivity index (χ1) is 8.18. The van der Waals surface area contributed by atoms with Crippen molar-refractivity contribution in [2.75, 3.05) is 0 Å². The van der Waals surface area contributed by atoms with Crippen LogP contribution in [-0.2, 0) is 4.79 Å². The molecule has 0 spiro atoms. The predicted molar refractivity (Wildman–Crippen MR) is 76.2 cm³/mol.